The number of tetrazole rings is 3. The number of esters is 1. The second kappa shape index (κ2) is 40.0. The number of sulfonamides is 1. The van der Waals surface area contributed by atoms with Gasteiger partial charge in [-0.1, -0.05) is 245 Å². The predicted octanol–water partition coefficient (Wildman–Crippen LogP) is 17.1. The van der Waals surface area contributed by atoms with Gasteiger partial charge in [-0.15, -0.1) is 11.3 Å². The first-order valence-electron chi connectivity index (χ1n) is 44.2. The zero-order chi connectivity index (χ0) is 97.6. The van der Waals surface area contributed by atoms with Crippen molar-refractivity contribution in [2.45, 2.75) is 91.8 Å². The van der Waals surface area contributed by atoms with Gasteiger partial charge >= 0.3 is 23.9 Å². The number of benzene rings is 10. The number of aliphatic carboxylic acids is 3. The van der Waals surface area contributed by atoms with Gasteiger partial charge in [-0.05, 0) is 187 Å². The number of nitrogens with zero attached hydrogens (tertiary/aromatic N) is 19. The Morgan fingerprint density at radius 3 is 1.41 bits per heavy atom. The van der Waals surface area contributed by atoms with Gasteiger partial charge < -0.3 is 55.1 Å². The number of nitrogens with two attached hydrogens (primary N) is 1. The summed E-state index contributed by atoms with van der Waals surface area (Å²) in [5.41, 5.74) is 24.4. The number of hydrogen-bond acceptors (Lipinski definition) is 28. The number of ether oxygens (including phenoxy) is 2. The Kier molecular flexibility index (Phi) is 26.5. The van der Waals surface area contributed by atoms with Crippen molar-refractivity contribution < 1.29 is 56.9 Å². The van der Waals surface area contributed by atoms with Crippen LogP contribution < -0.4 is 35.2 Å². The molecule has 4 atom stereocenters. The highest BCUT2D eigenvalue weighted by Crippen LogP contribution is 2.51. The van der Waals surface area contributed by atoms with Gasteiger partial charge in [0.25, 0.3) is 17.8 Å². The third-order valence-electron chi connectivity index (χ3n) is 24.6. The van der Waals surface area contributed by atoms with Crippen LogP contribution >= 0.6 is 11.3 Å². The van der Waals surface area contributed by atoms with E-state index in [9.17, 15) is 42.9 Å². The summed E-state index contributed by atoms with van der Waals surface area (Å²) in [5, 5.41) is 83.9. The molecule has 0 radical (unpaired) electrons. The number of fused-ring (bicyclic) bond motifs is 5. The van der Waals surface area contributed by atoms with Crippen LogP contribution in [0.1, 0.15) is 113 Å². The number of aromatic amines is 1. The first kappa shape index (κ1) is 92.7. The maximum atomic E-state index is 13.5. The van der Waals surface area contributed by atoms with Crippen LogP contribution in [0.3, 0.4) is 0 Å². The van der Waals surface area contributed by atoms with Gasteiger partial charge in [-0.3, -0.25) is 9.82 Å². The van der Waals surface area contributed by atoms with Crippen LogP contribution in [0, 0.1) is 13.8 Å². The number of anilines is 6. The van der Waals surface area contributed by atoms with Gasteiger partial charge in [0.15, 0.2) is 0 Å². The van der Waals surface area contributed by atoms with Crippen LogP contribution in [0.25, 0.3) is 53.9 Å². The molecule has 4 aliphatic heterocycles. The molecule has 4 unspecified atom stereocenters. The van der Waals surface area contributed by atoms with Crippen LogP contribution in [0.15, 0.2) is 335 Å². The molecule has 11 heterocycles. The van der Waals surface area contributed by atoms with Crippen molar-refractivity contribution in [3.8, 4) is 49.6 Å². The van der Waals surface area contributed by atoms with Crippen molar-refractivity contribution in [3.63, 3.8) is 0 Å². The molecule has 8 N–H and O–H groups in total. The fourth-order valence-corrected chi connectivity index (χ4v) is 20.0. The van der Waals surface area contributed by atoms with Gasteiger partial charge in [0.2, 0.25) is 16.0 Å². The molecular weight excluding hydrogens is 1820 g/mol. The zero-order valence-corrected chi connectivity index (χ0v) is 78.3. The minimum absolute atomic E-state index is 0.162. The van der Waals surface area contributed by atoms with Crippen LogP contribution in [0.4, 0.5) is 35.3 Å². The van der Waals surface area contributed by atoms with Gasteiger partial charge in [-0.2, -0.15) is 19.1 Å². The zero-order valence-electron chi connectivity index (χ0n) is 76.7. The second-order valence-corrected chi connectivity index (χ2v) is 36.1. The largest absolute Gasteiger partial charge is 0.497 e. The Bertz CT molecular complexity index is 7740. The quantitative estimate of drug-likeness (QED) is 0.0292. The van der Waals surface area contributed by atoms with E-state index < -0.39 is 57.9 Å². The van der Waals surface area contributed by atoms with Crippen molar-refractivity contribution in [3.05, 3.63) is 392 Å². The normalized spacial score (nSPS) is 15.3. The average molecular weight is 1910 g/mol. The molecule has 0 fully saturated rings. The smallest absolute Gasteiger partial charge is 0.337 e. The highest BCUT2D eigenvalue weighted by Gasteiger charge is 2.45. The molecule has 0 saturated carbocycles. The molecule has 0 bridgehead atoms. The van der Waals surface area contributed by atoms with Crippen LogP contribution in [-0.2, 0) is 60.2 Å². The fourth-order valence-electron chi connectivity index (χ4n) is 18.1. The highest BCUT2D eigenvalue weighted by atomic mass is 32.2. The third kappa shape index (κ3) is 18.8. The molecule has 702 valence electrons. The molecular formula is C103H91N23O12S2. The fraction of sp³-hybridized carbons (Fsp3) is 0.155. The van der Waals surface area contributed by atoms with Crippen LogP contribution in [-0.4, -0.2) is 147 Å². The van der Waals surface area contributed by atoms with Crippen molar-refractivity contribution in [2.75, 3.05) is 43.8 Å². The molecule has 37 heteroatoms. The maximum absolute atomic E-state index is 13.5. The number of thiophene rings is 1. The van der Waals surface area contributed by atoms with Gasteiger partial charge in [-0.25, -0.2) is 37.6 Å². The Morgan fingerprint density at radius 2 is 0.921 bits per heavy atom. The highest BCUT2D eigenvalue weighted by molar-refractivity contribution is 7.92. The molecule has 7 aromatic heterocycles. The topological polar surface area (TPSA) is 453 Å². The van der Waals surface area contributed by atoms with Crippen molar-refractivity contribution >= 4 is 90.6 Å². The monoisotopic (exact) mass is 1910 g/mol. The summed E-state index contributed by atoms with van der Waals surface area (Å²) in [5.74, 6) is -0.136. The lowest BCUT2D eigenvalue weighted by molar-refractivity contribution is -0.140. The Hall–Kier alpha value is -17.7. The number of methoxy groups -OCH3 is 1. The average Bonchev–Trinajstić information content (AvgIpc) is 1.53. The molecule has 21 rings (SSSR count). The van der Waals surface area contributed by atoms with Gasteiger partial charge in [0.05, 0.1) is 67.2 Å². The van der Waals surface area contributed by atoms with E-state index in [4.69, 9.17) is 19.7 Å². The summed E-state index contributed by atoms with van der Waals surface area (Å²) in [6.45, 7) is 12.5. The lowest BCUT2D eigenvalue weighted by Gasteiger charge is -2.34. The SMILES string of the molecule is CC1=C(C(=O)O)C(c2ccccc2-c2c(C)noc2C)n2nnnc2N1Cc1ccccc1.CC1=C(C(=O)O)C(c2ccccc2-c2cnc(N)nc2)n2nnnc2N1Cc1ccccc1.CC1=C(C(=O)OCc2ccccc2)C(c2ccccc2-c2ccc(NS(C)(=O)=O)cc2)c2cn[nH]c2N1.COc1ccc(-c2sc3ccccc3c2C2C(C(=O)O)=C(C)N(Cc3ccccc3)c3nnnn32)cc1. The molecule has 4 aliphatic rings. The number of aromatic nitrogens is 17. The summed E-state index contributed by atoms with van der Waals surface area (Å²) in [4.78, 5) is 66.3. The molecule has 35 nitrogen and oxygen atoms in total. The molecule has 17 aromatic rings. The Balaban J connectivity index is 0.000000124. The van der Waals surface area contributed by atoms with E-state index in [1.165, 1.54) is 0 Å². The number of carbonyl (C=O) groups is 4. The molecule has 0 amide bonds. The minimum atomic E-state index is -3.38. The summed E-state index contributed by atoms with van der Waals surface area (Å²) in [7, 11) is -1.75. The van der Waals surface area contributed by atoms with Crippen molar-refractivity contribution in [1.29, 1.82) is 0 Å². The molecule has 0 aliphatic carbocycles. The Morgan fingerprint density at radius 1 is 0.486 bits per heavy atom. The van der Waals surface area contributed by atoms with Crippen molar-refractivity contribution in [1.82, 2.24) is 85.9 Å². The van der Waals surface area contributed by atoms with E-state index >= 15 is 0 Å². The maximum Gasteiger partial charge on any atom is 0.337 e. The number of allylic oxidation sites excluding steroid dienone is 4. The summed E-state index contributed by atoms with van der Waals surface area (Å²) in [6.07, 6.45) is 6.06. The van der Waals surface area contributed by atoms with E-state index in [0.717, 1.165) is 122 Å². The molecule has 10 aromatic carbocycles. The molecule has 140 heavy (non-hydrogen) atoms. The first-order valence-corrected chi connectivity index (χ1v) is 46.9. The van der Waals surface area contributed by atoms with E-state index in [1.54, 1.807) is 77.1 Å². The van der Waals surface area contributed by atoms with E-state index in [-0.39, 0.29) is 29.3 Å². The number of rotatable bonds is 23. The number of nitrogen functional groups attached to an aromatic ring is 1. The predicted molar refractivity (Wildman–Crippen MR) is 527 cm³/mol. The van der Waals surface area contributed by atoms with E-state index in [2.05, 4.69) is 88.0 Å². The minimum Gasteiger partial charge on any atom is -0.497 e. The summed E-state index contributed by atoms with van der Waals surface area (Å²) >= 11 is 1.63. The Labute approximate surface area is 806 Å². The number of nitrogens with one attached hydrogen (secondary N) is 3. The van der Waals surface area contributed by atoms with Crippen molar-refractivity contribution in [2.24, 2.45) is 0 Å². The summed E-state index contributed by atoms with van der Waals surface area (Å²) in [6, 6.07) is 82.8. The van der Waals surface area contributed by atoms with E-state index in [0.29, 0.717) is 82.9 Å². The van der Waals surface area contributed by atoms with Crippen LogP contribution in [0.2, 0.25) is 0 Å². The molecule has 0 saturated heterocycles. The van der Waals surface area contributed by atoms with Crippen LogP contribution in [0.5, 0.6) is 5.75 Å². The molecule has 0 spiro atoms. The first-order chi connectivity index (χ1) is 67.9. The number of H-pyrrole nitrogens is 1. The summed E-state index contributed by atoms with van der Waals surface area (Å²) < 4.78 is 48.0. The van der Waals surface area contributed by atoms with Gasteiger partial charge in [0, 0.05) is 78.6 Å². The standard InChI is InChI=1S/C28H23N5O3S.C28H26N4O4S.C24H22N6O3.C23H20N8O2/c1-17-23(27(34)35)25(33-28(29-30-31-33)32(17)16-18-8-4-3-5-9-18)24-21-10-6-7-11-22(21)37-26(24)19-12-14-20(36-2)15-13-19;1-18-25(28(33)36-17-19-8-4-3-5-9-19)26(24-16-29-31-27(24)30-18)23-11-7-6-10-22(23)20-12-14-21(15-13-20)32-37(2,34)35;1-14-20(16(3)33-26-14)18-11-7-8-12-19(18)22-21(23(31)32)15(2)29(24-25-27-28-30(22)24)13-17-9-5-4-6-10-17;1-14-19(21(32)33)20(18-10-6-5-9-17(18)16-11-25-22(24)26-12-16)31-23(27-28-29-31)30(14)13-15-7-3-2-4-8-15/h3-15,25H,16H2,1-2H3,(H,34,35);3-16,26,32H,17H2,1-2H3,(H2,29,30,31);4-12,22H,13H2,1-3H3,(H,31,32);2-12,20H,13H2,1H3,(H,32,33)(H2,24,25,26). The van der Waals surface area contributed by atoms with Gasteiger partial charge in [0.1, 0.15) is 42.1 Å². The third-order valence-corrected chi connectivity index (χ3v) is 26.4. The number of carboxylic acid groups (broad SMARTS) is 3. The number of hydrogen-bond donors (Lipinski definition) is 7. The van der Waals surface area contributed by atoms with E-state index in [1.807, 2.05) is 291 Å². The second-order valence-electron chi connectivity index (χ2n) is 33.3. The number of carboxylic acids is 3. The number of carbonyl (C=O) groups excluding carboxylic acids is 1. The lowest BCUT2D eigenvalue weighted by atomic mass is 9.79. The number of aryl methyl sites for hydroxylation is 2. The lowest BCUT2D eigenvalue weighted by Crippen LogP contribution is -2.36.